The average Bonchev–Trinajstić information content (AvgIpc) is 2.88. The second-order valence-corrected chi connectivity index (χ2v) is 6.17. The van der Waals surface area contributed by atoms with E-state index in [0.29, 0.717) is 16.8 Å². The zero-order chi connectivity index (χ0) is 15.2. The molecular formula is C13H13ClN4OS2. The minimum absolute atomic E-state index is 0.118. The van der Waals surface area contributed by atoms with Gasteiger partial charge >= 0.3 is 0 Å². The third-order valence-electron chi connectivity index (χ3n) is 2.51. The van der Waals surface area contributed by atoms with E-state index in [2.05, 4.69) is 15.5 Å². The number of halogens is 1. The smallest absolute Gasteiger partial charge is 0.184 e. The first-order valence-electron chi connectivity index (χ1n) is 5.98. The number of ether oxygens (including phenoxy) is 1. The molecule has 2 aromatic rings. The van der Waals surface area contributed by atoms with Gasteiger partial charge < -0.3 is 10.5 Å². The molecule has 0 atom stereocenters. The maximum absolute atomic E-state index is 5.80. The topological polar surface area (TPSA) is 72.5 Å². The van der Waals surface area contributed by atoms with Crippen LogP contribution in [0.2, 0.25) is 4.47 Å². The van der Waals surface area contributed by atoms with E-state index in [0.717, 1.165) is 16.2 Å². The number of benzene rings is 1. The molecule has 0 saturated heterocycles. The van der Waals surface area contributed by atoms with Crippen LogP contribution in [0.3, 0.4) is 0 Å². The van der Waals surface area contributed by atoms with Crippen LogP contribution in [0.15, 0.2) is 35.6 Å². The molecule has 0 unspecified atom stereocenters. The molecule has 0 saturated carbocycles. The summed E-state index contributed by atoms with van der Waals surface area (Å²) < 4.78 is 6.30. The molecule has 0 aliphatic heterocycles. The van der Waals surface area contributed by atoms with Crippen molar-refractivity contribution in [2.45, 2.75) is 13.5 Å². The second-order valence-electron chi connectivity index (χ2n) is 4.04. The lowest BCUT2D eigenvalue weighted by atomic mass is 10.1. The maximum atomic E-state index is 5.80. The fourth-order valence-electron chi connectivity index (χ4n) is 1.59. The summed E-state index contributed by atoms with van der Waals surface area (Å²) in [6.45, 7) is 2.24. The Hall–Kier alpha value is -1.70. The number of hydrogen-bond acceptors (Lipinski definition) is 5. The van der Waals surface area contributed by atoms with Crippen molar-refractivity contribution < 1.29 is 4.74 Å². The van der Waals surface area contributed by atoms with Crippen molar-refractivity contribution in [3.05, 3.63) is 45.4 Å². The summed E-state index contributed by atoms with van der Waals surface area (Å²) in [6.07, 6.45) is 1.70. The van der Waals surface area contributed by atoms with Gasteiger partial charge in [-0.25, -0.2) is 4.98 Å². The van der Waals surface area contributed by atoms with E-state index in [1.165, 1.54) is 11.3 Å². The molecule has 5 nitrogen and oxygen atoms in total. The quantitative estimate of drug-likeness (QED) is 0.497. The molecule has 110 valence electrons. The van der Waals surface area contributed by atoms with Gasteiger partial charge in [-0.1, -0.05) is 23.7 Å². The first kappa shape index (κ1) is 15.7. The predicted octanol–water partition coefficient (Wildman–Crippen LogP) is 2.93. The molecule has 1 aromatic heterocycles. The van der Waals surface area contributed by atoms with Gasteiger partial charge in [0.05, 0.1) is 10.6 Å². The van der Waals surface area contributed by atoms with Gasteiger partial charge in [0.25, 0.3) is 0 Å². The molecule has 1 aromatic carbocycles. The third kappa shape index (κ3) is 4.66. The van der Waals surface area contributed by atoms with Gasteiger partial charge in [-0.15, -0.1) is 11.3 Å². The van der Waals surface area contributed by atoms with Crippen molar-refractivity contribution in [1.29, 1.82) is 0 Å². The molecule has 3 N–H and O–H groups in total. The van der Waals surface area contributed by atoms with E-state index in [4.69, 9.17) is 34.3 Å². The summed E-state index contributed by atoms with van der Waals surface area (Å²) >= 11 is 11.9. The van der Waals surface area contributed by atoms with E-state index >= 15 is 0 Å². The molecule has 0 spiro atoms. The van der Waals surface area contributed by atoms with E-state index in [-0.39, 0.29) is 5.11 Å². The van der Waals surface area contributed by atoms with Crippen LogP contribution in [0.4, 0.5) is 0 Å². The van der Waals surface area contributed by atoms with Crippen molar-refractivity contribution in [3.8, 4) is 5.75 Å². The number of para-hydroxylation sites is 1. The molecule has 1 heterocycles. The molecule has 2 rings (SSSR count). The summed E-state index contributed by atoms with van der Waals surface area (Å²) in [7, 11) is 0. The van der Waals surface area contributed by atoms with Crippen LogP contribution < -0.4 is 15.9 Å². The van der Waals surface area contributed by atoms with Crippen molar-refractivity contribution in [2.24, 2.45) is 10.8 Å². The van der Waals surface area contributed by atoms with E-state index in [1.54, 1.807) is 6.20 Å². The number of hydrogen-bond donors (Lipinski definition) is 2. The van der Waals surface area contributed by atoms with Crippen LogP contribution in [0.1, 0.15) is 17.4 Å². The Labute approximate surface area is 136 Å². The zero-order valence-corrected chi connectivity index (χ0v) is 13.6. The highest BCUT2D eigenvalue weighted by Gasteiger charge is 2.08. The van der Waals surface area contributed by atoms with Crippen LogP contribution >= 0.6 is 35.2 Å². The molecule has 21 heavy (non-hydrogen) atoms. The number of nitrogens with one attached hydrogen (secondary N) is 1. The number of nitrogens with zero attached hydrogens (tertiary/aromatic N) is 2. The number of rotatable bonds is 5. The first-order chi connectivity index (χ1) is 10.1. The fraction of sp³-hybridized carbons (Fsp3) is 0.154. The summed E-state index contributed by atoms with van der Waals surface area (Å²) in [5.41, 5.74) is 9.50. The predicted molar refractivity (Wildman–Crippen MR) is 90.0 cm³/mol. The van der Waals surface area contributed by atoms with Gasteiger partial charge in [-0.05, 0) is 31.3 Å². The molecule has 0 amide bonds. The maximum Gasteiger partial charge on any atom is 0.184 e. The average molecular weight is 341 g/mol. The van der Waals surface area contributed by atoms with Crippen LogP contribution in [0.5, 0.6) is 5.75 Å². The lowest BCUT2D eigenvalue weighted by molar-refractivity contribution is 0.309. The van der Waals surface area contributed by atoms with Gasteiger partial charge in [-0.3, -0.25) is 5.43 Å². The van der Waals surface area contributed by atoms with E-state index in [1.807, 2.05) is 31.2 Å². The Morgan fingerprint density at radius 1 is 1.52 bits per heavy atom. The molecule has 8 heteroatoms. The van der Waals surface area contributed by atoms with Crippen molar-refractivity contribution in [3.63, 3.8) is 0 Å². The summed E-state index contributed by atoms with van der Waals surface area (Å²) in [5.74, 6) is 0.716. The zero-order valence-electron chi connectivity index (χ0n) is 11.2. The molecule has 0 aliphatic rings. The third-order valence-corrected chi connectivity index (χ3v) is 3.69. The Kier molecular flexibility index (Phi) is 5.49. The fourth-order valence-corrected chi connectivity index (χ4v) is 2.53. The minimum atomic E-state index is 0.118. The minimum Gasteiger partial charge on any atom is -0.487 e. The Bertz CT molecular complexity index is 672. The SMILES string of the molecule is CC(=NNC(N)=S)c1ccccc1OCc1cnc(Cl)s1. The second kappa shape index (κ2) is 7.35. The highest BCUT2D eigenvalue weighted by atomic mass is 35.5. The molecule has 0 radical (unpaired) electrons. The highest BCUT2D eigenvalue weighted by Crippen LogP contribution is 2.23. The Morgan fingerprint density at radius 2 is 2.29 bits per heavy atom. The Balaban J connectivity index is 2.12. The first-order valence-corrected chi connectivity index (χ1v) is 7.58. The molecule has 0 bridgehead atoms. The van der Waals surface area contributed by atoms with Crippen LogP contribution in [-0.4, -0.2) is 15.8 Å². The lowest BCUT2D eigenvalue weighted by Gasteiger charge is -2.10. The van der Waals surface area contributed by atoms with Crippen molar-refractivity contribution >= 4 is 46.0 Å². The normalized spacial score (nSPS) is 11.2. The standard InChI is InChI=1S/C13H13ClN4OS2/c1-8(17-18-13(15)20)10-4-2-3-5-11(10)19-7-9-6-16-12(14)21-9/h2-6H,7H2,1H3,(H3,15,18,20). The summed E-state index contributed by atoms with van der Waals surface area (Å²) in [6, 6.07) is 7.59. The van der Waals surface area contributed by atoms with Crippen molar-refractivity contribution in [1.82, 2.24) is 10.4 Å². The lowest BCUT2D eigenvalue weighted by Crippen LogP contribution is -2.25. The van der Waals surface area contributed by atoms with Gasteiger partial charge in [0.1, 0.15) is 12.4 Å². The van der Waals surface area contributed by atoms with Crippen LogP contribution in [0.25, 0.3) is 0 Å². The number of aromatic nitrogens is 1. The highest BCUT2D eigenvalue weighted by molar-refractivity contribution is 7.80. The molecule has 0 fully saturated rings. The summed E-state index contributed by atoms with van der Waals surface area (Å²) in [4.78, 5) is 4.93. The van der Waals surface area contributed by atoms with E-state index < -0.39 is 0 Å². The number of nitrogens with two attached hydrogens (primary N) is 1. The largest absolute Gasteiger partial charge is 0.487 e. The number of thiocarbonyl (C=S) groups is 1. The van der Waals surface area contributed by atoms with Gasteiger partial charge in [0.15, 0.2) is 9.58 Å². The van der Waals surface area contributed by atoms with Gasteiger partial charge in [0, 0.05) is 11.8 Å². The number of hydrazone groups is 1. The van der Waals surface area contributed by atoms with Gasteiger partial charge in [-0.2, -0.15) is 5.10 Å². The summed E-state index contributed by atoms with van der Waals surface area (Å²) in [5, 5.41) is 4.22. The van der Waals surface area contributed by atoms with Crippen molar-refractivity contribution in [2.75, 3.05) is 0 Å². The van der Waals surface area contributed by atoms with Crippen LogP contribution in [-0.2, 0) is 6.61 Å². The van der Waals surface area contributed by atoms with E-state index in [9.17, 15) is 0 Å². The van der Waals surface area contributed by atoms with Crippen LogP contribution in [0, 0.1) is 0 Å². The number of thiazole rings is 1. The van der Waals surface area contributed by atoms with Gasteiger partial charge in [0.2, 0.25) is 0 Å². The Morgan fingerprint density at radius 3 is 2.95 bits per heavy atom. The monoisotopic (exact) mass is 340 g/mol. The molecule has 0 aliphatic carbocycles. The molecular weight excluding hydrogens is 328 g/mol.